The van der Waals surface area contributed by atoms with Crippen LogP contribution >= 0.6 is 0 Å². The number of hydrogen-bond donors (Lipinski definition) is 1. The van der Waals surface area contributed by atoms with Gasteiger partial charge in [-0.15, -0.1) is 0 Å². The third-order valence-corrected chi connectivity index (χ3v) is 6.75. The highest BCUT2D eigenvalue weighted by molar-refractivity contribution is 6.05. The molecular weight excluding hydrogens is 489 g/mol. The number of amides is 2. The molecule has 3 aromatic rings. The Kier molecular flexibility index (Phi) is 6.76. The minimum absolute atomic E-state index is 0.111. The summed E-state index contributed by atoms with van der Waals surface area (Å²) in [6.07, 6.45) is -1.57. The van der Waals surface area contributed by atoms with Crippen LogP contribution in [0.1, 0.15) is 47.1 Å². The van der Waals surface area contributed by atoms with Gasteiger partial charge in [0.25, 0.3) is 12.3 Å². The molecule has 2 atom stereocenters. The Balaban J connectivity index is 1.35. The molecular formula is C25H27F3N6O3. The third kappa shape index (κ3) is 4.73. The Labute approximate surface area is 211 Å². The number of hydrogen-bond acceptors (Lipinski definition) is 6. The molecule has 37 heavy (non-hydrogen) atoms. The largest absolute Gasteiger partial charge is 0.356 e. The molecule has 1 saturated heterocycles. The van der Waals surface area contributed by atoms with Crippen molar-refractivity contribution in [3.63, 3.8) is 0 Å². The standard InChI is InChI=1S/C25H27F3N6O3/c1-14-17-10-16(11-29-24(17)34(31-14)20-8-3-4-9-37-20)30-18-7-5-6-15-12-33(25(36)21(15)18)13-19(35)32(2)23(28)22(26)27/h5-7,10-11,20,22-23,30H,3-4,8-9,12-13H2,1-2H3. The molecule has 1 N–H and O–H groups in total. The fourth-order valence-electron chi connectivity index (χ4n) is 4.74. The van der Waals surface area contributed by atoms with Gasteiger partial charge in [0.2, 0.25) is 12.2 Å². The number of nitrogens with one attached hydrogen (secondary N) is 1. The Morgan fingerprint density at radius 2 is 2.11 bits per heavy atom. The number of likely N-dealkylation sites (N-methyl/N-ethyl adjacent to an activating group) is 1. The fourth-order valence-corrected chi connectivity index (χ4v) is 4.74. The summed E-state index contributed by atoms with van der Waals surface area (Å²) in [5, 5.41) is 8.73. The Hall–Kier alpha value is -3.67. The molecule has 2 aliphatic rings. The van der Waals surface area contributed by atoms with Crippen molar-refractivity contribution in [3.05, 3.63) is 47.3 Å². The zero-order valence-electron chi connectivity index (χ0n) is 20.5. The molecule has 0 aliphatic carbocycles. The molecule has 2 unspecified atom stereocenters. The van der Waals surface area contributed by atoms with E-state index in [-0.39, 0.29) is 12.8 Å². The van der Waals surface area contributed by atoms with Crippen LogP contribution in [0.2, 0.25) is 0 Å². The molecule has 196 valence electrons. The van der Waals surface area contributed by atoms with Gasteiger partial charge in [-0.25, -0.2) is 22.8 Å². The van der Waals surface area contributed by atoms with Crippen molar-refractivity contribution in [1.82, 2.24) is 24.6 Å². The number of carbonyl (C=O) groups is 2. The van der Waals surface area contributed by atoms with E-state index in [9.17, 15) is 22.8 Å². The molecule has 12 heteroatoms. The lowest BCUT2D eigenvalue weighted by molar-refractivity contribution is -0.142. The molecule has 1 fully saturated rings. The highest BCUT2D eigenvalue weighted by Crippen LogP contribution is 2.33. The number of carbonyl (C=O) groups excluding carboxylic acids is 2. The van der Waals surface area contributed by atoms with Crippen molar-refractivity contribution in [2.45, 2.75) is 51.7 Å². The van der Waals surface area contributed by atoms with Crippen molar-refractivity contribution in [2.75, 3.05) is 25.5 Å². The summed E-state index contributed by atoms with van der Waals surface area (Å²) in [5.41, 5.74) is 3.72. The first-order valence-corrected chi connectivity index (χ1v) is 12.1. The minimum Gasteiger partial charge on any atom is -0.356 e. The number of benzene rings is 1. The lowest BCUT2D eigenvalue weighted by Gasteiger charge is -2.24. The van der Waals surface area contributed by atoms with Gasteiger partial charge in [-0.2, -0.15) is 5.10 Å². The number of rotatable bonds is 7. The van der Waals surface area contributed by atoms with E-state index in [1.54, 1.807) is 24.4 Å². The van der Waals surface area contributed by atoms with E-state index in [1.165, 1.54) is 4.90 Å². The van der Waals surface area contributed by atoms with E-state index < -0.39 is 31.1 Å². The van der Waals surface area contributed by atoms with E-state index in [0.717, 1.165) is 37.4 Å². The minimum atomic E-state index is -3.33. The summed E-state index contributed by atoms with van der Waals surface area (Å²) in [6, 6.07) is 7.17. The first-order valence-electron chi connectivity index (χ1n) is 12.1. The normalized spacial score (nSPS) is 18.4. The predicted octanol–water partition coefficient (Wildman–Crippen LogP) is 4.16. The van der Waals surface area contributed by atoms with Crippen LogP contribution in [-0.4, -0.2) is 69.3 Å². The lowest BCUT2D eigenvalue weighted by atomic mass is 10.1. The smallest absolute Gasteiger partial charge is 0.287 e. The monoisotopic (exact) mass is 516 g/mol. The van der Waals surface area contributed by atoms with E-state index in [1.807, 2.05) is 17.7 Å². The number of nitrogens with zero attached hydrogens (tertiary/aromatic N) is 5. The average molecular weight is 517 g/mol. The van der Waals surface area contributed by atoms with Crippen LogP contribution in [0.4, 0.5) is 24.5 Å². The number of aromatic nitrogens is 3. The highest BCUT2D eigenvalue weighted by Gasteiger charge is 2.34. The maximum Gasteiger partial charge on any atom is 0.287 e. The van der Waals surface area contributed by atoms with Crippen LogP contribution in [0.3, 0.4) is 0 Å². The van der Waals surface area contributed by atoms with Gasteiger partial charge in [-0.1, -0.05) is 12.1 Å². The van der Waals surface area contributed by atoms with E-state index in [2.05, 4.69) is 15.4 Å². The van der Waals surface area contributed by atoms with Crippen LogP contribution in [0.15, 0.2) is 30.5 Å². The number of pyridine rings is 1. The van der Waals surface area contributed by atoms with Gasteiger partial charge in [0.05, 0.1) is 28.8 Å². The topological polar surface area (TPSA) is 92.6 Å². The van der Waals surface area contributed by atoms with Crippen molar-refractivity contribution in [3.8, 4) is 0 Å². The maximum atomic E-state index is 13.6. The summed E-state index contributed by atoms with van der Waals surface area (Å²) in [4.78, 5) is 31.6. The second-order valence-electron chi connectivity index (χ2n) is 9.28. The Morgan fingerprint density at radius 1 is 1.30 bits per heavy atom. The molecule has 2 amide bonds. The number of fused-ring (bicyclic) bond motifs is 2. The van der Waals surface area contributed by atoms with Crippen LogP contribution < -0.4 is 5.32 Å². The lowest BCUT2D eigenvalue weighted by Crippen LogP contribution is -2.44. The van der Waals surface area contributed by atoms with E-state index >= 15 is 0 Å². The number of halogens is 3. The second-order valence-corrected chi connectivity index (χ2v) is 9.28. The summed E-state index contributed by atoms with van der Waals surface area (Å²) >= 11 is 0. The number of ether oxygens (including phenoxy) is 1. The molecule has 1 aromatic carbocycles. The van der Waals surface area contributed by atoms with Gasteiger partial charge >= 0.3 is 0 Å². The molecule has 0 bridgehead atoms. The molecule has 5 rings (SSSR count). The van der Waals surface area contributed by atoms with Crippen molar-refractivity contribution in [1.29, 1.82) is 0 Å². The quantitative estimate of drug-likeness (QED) is 0.475. The van der Waals surface area contributed by atoms with Crippen LogP contribution in [-0.2, 0) is 16.1 Å². The summed E-state index contributed by atoms with van der Waals surface area (Å²) in [6.45, 7) is 2.20. The molecule has 2 aliphatic heterocycles. The van der Waals surface area contributed by atoms with Crippen molar-refractivity contribution >= 4 is 34.2 Å². The molecule has 0 radical (unpaired) electrons. The zero-order valence-corrected chi connectivity index (χ0v) is 20.5. The SMILES string of the molecule is Cc1nn(C2CCCCO2)c2ncc(Nc3cccc4c3C(=O)N(CC(=O)N(C)C(F)C(F)F)C4)cc12. The third-order valence-electron chi connectivity index (χ3n) is 6.75. The van der Waals surface area contributed by atoms with Crippen LogP contribution in [0, 0.1) is 6.92 Å². The number of anilines is 2. The highest BCUT2D eigenvalue weighted by atomic mass is 19.3. The predicted molar refractivity (Wildman–Crippen MR) is 129 cm³/mol. The average Bonchev–Trinajstić information content (AvgIpc) is 3.40. The van der Waals surface area contributed by atoms with Crippen LogP contribution in [0.25, 0.3) is 11.0 Å². The first-order chi connectivity index (χ1) is 17.7. The Morgan fingerprint density at radius 3 is 2.84 bits per heavy atom. The van der Waals surface area contributed by atoms with Gasteiger partial charge in [0.1, 0.15) is 6.54 Å². The second kappa shape index (κ2) is 10.0. The van der Waals surface area contributed by atoms with Gasteiger partial charge < -0.3 is 19.9 Å². The van der Waals surface area contributed by atoms with Gasteiger partial charge in [0.15, 0.2) is 11.9 Å². The summed E-state index contributed by atoms with van der Waals surface area (Å²) in [5.74, 6) is -1.35. The van der Waals surface area contributed by atoms with Gasteiger partial charge in [0, 0.05) is 25.6 Å². The molecule has 4 heterocycles. The fraction of sp³-hybridized carbons (Fsp3) is 0.440. The molecule has 0 spiro atoms. The van der Waals surface area contributed by atoms with E-state index in [4.69, 9.17) is 4.74 Å². The summed E-state index contributed by atoms with van der Waals surface area (Å²) in [7, 11) is 0.952. The van der Waals surface area contributed by atoms with Gasteiger partial charge in [-0.3, -0.25) is 9.59 Å². The van der Waals surface area contributed by atoms with Crippen molar-refractivity contribution in [2.24, 2.45) is 0 Å². The van der Waals surface area contributed by atoms with Crippen LogP contribution in [0.5, 0.6) is 0 Å². The summed E-state index contributed by atoms with van der Waals surface area (Å²) < 4.78 is 46.6. The first kappa shape index (κ1) is 25.0. The van der Waals surface area contributed by atoms with Gasteiger partial charge in [-0.05, 0) is 43.9 Å². The maximum absolute atomic E-state index is 13.6. The van der Waals surface area contributed by atoms with E-state index in [0.29, 0.717) is 39.7 Å². The molecule has 0 saturated carbocycles. The number of aryl methyl sites for hydroxylation is 1. The molecule has 9 nitrogen and oxygen atoms in total. The molecule has 2 aromatic heterocycles. The Bertz CT molecular complexity index is 1340. The number of alkyl halides is 3. The van der Waals surface area contributed by atoms with Crippen molar-refractivity contribution < 1.29 is 27.5 Å². The zero-order chi connectivity index (χ0) is 26.3.